The van der Waals surface area contributed by atoms with Gasteiger partial charge in [-0.2, -0.15) is 0 Å². The number of aromatic nitrogens is 3. The second kappa shape index (κ2) is 8.54. The first kappa shape index (κ1) is 21.5. The molecular formula is C27H21Cl2N3O. The topological polar surface area (TPSA) is 39.8 Å². The van der Waals surface area contributed by atoms with Crippen molar-refractivity contribution in [2.45, 2.75) is 6.42 Å². The predicted molar refractivity (Wildman–Crippen MR) is 136 cm³/mol. The molecule has 0 aliphatic carbocycles. The van der Waals surface area contributed by atoms with E-state index in [4.69, 9.17) is 23.2 Å². The predicted octanol–water partition coefficient (Wildman–Crippen LogP) is 6.50. The van der Waals surface area contributed by atoms with Gasteiger partial charge in [-0.05, 0) is 35.4 Å². The summed E-state index contributed by atoms with van der Waals surface area (Å²) in [6.07, 6.45) is 3.97. The van der Waals surface area contributed by atoms with Gasteiger partial charge in [0.25, 0.3) is 5.56 Å². The zero-order valence-corrected chi connectivity index (χ0v) is 19.7. The van der Waals surface area contributed by atoms with E-state index in [1.165, 1.54) is 0 Å². The molecule has 0 N–H and O–H groups in total. The summed E-state index contributed by atoms with van der Waals surface area (Å²) in [6, 6.07) is 21.4. The summed E-state index contributed by atoms with van der Waals surface area (Å²) in [5.41, 5.74) is 5.98. The first-order chi connectivity index (χ1) is 16.0. The molecule has 0 spiro atoms. The third-order valence-electron chi connectivity index (χ3n) is 6.06. The number of hydrogen-bond acceptors (Lipinski definition) is 2. The standard InChI is InChI=1S/C27H21Cl2N3O/c1-31-16-30-15-20(31)14-21-24(18-9-6-10-19(28)13-18)26-23(32(2)27(21)33)12-11-22(29)25(26)17-7-4-3-5-8-17/h3-13,15-16H,14H2,1-2H3. The lowest BCUT2D eigenvalue weighted by molar-refractivity contribution is 0.827. The Morgan fingerprint density at radius 3 is 2.33 bits per heavy atom. The van der Waals surface area contributed by atoms with Crippen LogP contribution in [-0.2, 0) is 20.5 Å². The number of pyridine rings is 1. The molecule has 0 fully saturated rings. The van der Waals surface area contributed by atoms with Crippen LogP contribution in [0, 0.1) is 0 Å². The highest BCUT2D eigenvalue weighted by Crippen LogP contribution is 2.42. The van der Waals surface area contributed by atoms with Crippen LogP contribution < -0.4 is 5.56 Å². The normalized spacial score (nSPS) is 11.3. The van der Waals surface area contributed by atoms with Gasteiger partial charge in [-0.3, -0.25) is 4.79 Å². The van der Waals surface area contributed by atoms with Crippen LogP contribution in [-0.4, -0.2) is 14.1 Å². The quantitative estimate of drug-likeness (QED) is 0.298. The molecule has 0 radical (unpaired) electrons. The van der Waals surface area contributed by atoms with Gasteiger partial charge < -0.3 is 9.13 Å². The van der Waals surface area contributed by atoms with Crippen molar-refractivity contribution in [3.63, 3.8) is 0 Å². The molecule has 0 saturated heterocycles. The highest BCUT2D eigenvalue weighted by molar-refractivity contribution is 6.35. The summed E-state index contributed by atoms with van der Waals surface area (Å²) in [4.78, 5) is 17.9. The second-order valence-electron chi connectivity index (χ2n) is 8.08. The van der Waals surface area contributed by atoms with E-state index in [0.717, 1.165) is 38.9 Å². The van der Waals surface area contributed by atoms with Crippen LogP contribution in [0.5, 0.6) is 0 Å². The molecule has 2 heterocycles. The molecule has 0 unspecified atom stereocenters. The maximum atomic E-state index is 13.7. The molecule has 0 saturated carbocycles. The highest BCUT2D eigenvalue weighted by atomic mass is 35.5. The highest BCUT2D eigenvalue weighted by Gasteiger charge is 2.22. The van der Waals surface area contributed by atoms with E-state index >= 15 is 0 Å². The zero-order valence-electron chi connectivity index (χ0n) is 18.2. The summed E-state index contributed by atoms with van der Waals surface area (Å²) in [7, 11) is 3.74. The minimum Gasteiger partial charge on any atom is -0.337 e. The second-order valence-corrected chi connectivity index (χ2v) is 8.93. The van der Waals surface area contributed by atoms with E-state index in [2.05, 4.69) is 4.98 Å². The van der Waals surface area contributed by atoms with Gasteiger partial charge in [0.15, 0.2) is 0 Å². The van der Waals surface area contributed by atoms with Gasteiger partial charge in [0.2, 0.25) is 0 Å². The Hall–Kier alpha value is -3.34. The Kier molecular flexibility index (Phi) is 5.57. The summed E-state index contributed by atoms with van der Waals surface area (Å²) < 4.78 is 3.64. The number of aryl methyl sites for hydroxylation is 2. The Balaban J connectivity index is 1.98. The van der Waals surface area contributed by atoms with Crippen molar-refractivity contribution < 1.29 is 0 Å². The third-order valence-corrected chi connectivity index (χ3v) is 6.61. The Labute approximate surface area is 201 Å². The van der Waals surface area contributed by atoms with Gasteiger partial charge in [-0.15, -0.1) is 0 Å². The van der Waals surface area contributed by atoms with Crippen LogP contribution in [0.15, 0.2) is 84.0 Å². The van der Waals surface area contributed by atoms with E-state index < -0.39 is 0 Å². The summed E-state index contributed by atoms with van der Waals surface area (Å²) in [5.74, 6) is 0. The van der Waals surface area contributed by atoms with E-state index in [9.17, 15) is 4.79 Å². The van der Waals surface area contributed by atoms with Crippen LogP contribution in [0.3, 0.4) is 0 Å². The van der Waals surface area contributed by atoms with E-state index in [1.54, 1.807) is 17.1 Å². The molecule has 0 bridgehead atoms. The number of halogens is 2. The van der Waals surface area contributed by atoms with E-state index in [1.807, 2.05) is 85.4 Å². The van der Waals surface area contributed by atoms with Crippen molar-refractivity contribution in [1.82, 2.24) is 14.1 Å². The molecule has 5 aromatic rings. The lowest BCUT2D eigenvalue weighted by Crippen LogP contribution is -2.24. The van der Waals surface area contributed by atoms with Crippen molar-refractivity contribution in [3.05, 3.63) is 111 Å². The van der Waals surface area contributed by atoms with Crippen molar-refractivity contribution in [3.8, 4) is 22.3 Å². The molecule has 33 heavy (non-hydrogen) atoms. The number of hydrogen-bond donors (Lipinski definition) is 0. The average Bonchev–Trinajstić information content (AvgIpc) is 3.22. The van der Waals surface area contributed by atoms with E-state index in [-0.39, 0.29) is 5.56 Å². The summed E-state index contributed by atoms with van der Waals surface area (Å²) in [6.45, 7) is 0. The fourth-order valence-electron chi connectivity index (χ4n) is 4.42. The van der Waals surface area contributed by atoms with Gasteiger partial charge in [0.05, 0.1) is 11.8 Å². The lowest BCUT2D eigenvalue weighted by atomic mass is 9.89. The monoisotopic (exact) mass is 473 g/mol. The third kappa shape index (κ3) is 3.75. The van der Waals surface area contributed by atoms with Gasteiger partial charge in [0.1, 0.15) is 0 Å². The number of nitrogens with zero attached hydrogens (tertiary/aromatic N) is 3. The largest absolute Gasteiger partial charge is 0.337 e. The Bertz CT molecular complexity index is 1550. The molecule has 4 nitrogen and oxygen atoms in total. The van der Waals surface area contributed by atoms with Crippen molar-refractivity contribution in [2.75, 3.05) is 0 Å². The first-order valence-electron chi connectivity index (χ1n) is 10.6. The SMILES string of the molecule is Cn1cncc1Cc1c(-c2cccc(Cl)c2)c2c(-c3ccccc3)c(Cl)ccc2n(C)c1=O. The molecule has 2 aromatic heterocycles. The molecule has 0 aliphatic heterocycles. The number of imidazole rings is 1. The number of benzene rings is 3. The Morgan fingerprint density at radius 1 is 0.879 bits per heavy atom. The number of fused-ring (bicyclic) bond motifs is 1. The molecule has 0 atom stereocenters. The van der Waals surface area contributed by atoms with Crippen LogP contribution in [0.4, 0.5) is 0 Å². The van der Waals surface area contributed by atoms with Crippen molar-refractivity contribution in [1.29, 1.82) is 0 Å². The molecule has 164 valence electrons. The molecule has 0 amide bonds. The maximum Gasteiger partial charge on any atom is 0.255 e. The lowest BCUT2D eigenvalue weighted by Gasteiger charge is -2.20. The van der Waals surface area contributed by atoms with Crippen LogP contribution in [0.1, 0.15) is 11.3 Å². The van der Waals surface area contributed by atoms with Crippen molar-refractivity contribution in [2.24, 2.45) is 14.1 Å². The van der Waals surface area contributed by atoms with Gasteiger partial charge in [-0.25, -0.2) is 4.98 Å². The molecular weight excluding hydrogens is 453 g/mol. The van der Waals surface area contributed by atoms with Crippen molar-refractivity contribution >= 4 is 34.1 Å². The van der Waals surface area contributed by atoms with Gasteiger partial charge in [-0.1, -0.05) is 65.7 Å². The molecule has 0 aliphatic rings. The molecule has 5 rings (SSSR count). The van der Waals surface area contributed by atoms with Crippen LogP contribution >= 0.6 is 23.2 Å². The minimum absolute atomic E-state index is 0.0555. The van der Waals surface area contributed by atoms with E-state index in [0.29, 0.717) is 22.0 Å². The molecule has 6 heteroatoms. The zero-order chi connectivity index (χ0) is 23.1. The summed E-state index contributed by atoms with van der Waals surface area (Å²) >= 11 is 13.2. The Morgan fingerprint density at radius 2 is 1.64 bits per heavy atom. The smallest absolute Gasteiger partial charge is 0.255 e. The first-order valence-corrected chi connectivity index (χ1v) is 11.3. The maximum absolute atomic E-state index is 13.7. The van der Waals surface area contributed by atoms with Crippen LogP contribution in [0.25, 0.3) is 33.2 Å². The number of rotatable bonds is 4. The fraction of sp³-hybridized carbons (Fsp3) is 0.111. The molecule has 3 aromatic carbocycles. The van der Waals surface area contributed by atoms with Crippen LogP contribution in [0.2, 0.25) is 10.0 Å². The minimum atomic E-state index is -0.0555. The summed E-state index contributed by atoms with van der Waals surface area (Å²) in [5, 5.41) is 2.16. The fourth-order valence-corrected chi connectivity index (χ4v) is 4.88. The average molecular weight is 474 g/mol. The van der Waals surface area contributed by atoms with Gasteiger partial charge in [0, 0.05) is 64.5 Å². The van der Waals surface area contributed by atoms with Gasteiger partial charge >= 0.3 is 0 Å².